The molecule has 1 amide bonds. The molecule has 0 saturated carbocycles. The average molecular weight is 280 g/mol. The highest BCUT2D eigenvalue weighted by Gasteiger charge is 2.35. The maximum Gasteiger partial charge on any atom is 0.418 e. The predicted octanol–water partition coefficient (Wildman–Crippen LogP) is 2.48. The third kappa shape index (κ3) is 3.69. The Labute approximate surface area is 106 Å². The van der Waals surface area contributed by atoms with E-state index in [-0.39, 0.29) is 5.15 Å². The summed E-state index contributed by atoms with van der Waals surface area (Å²) in [5, 5.41) is -0.202. The van der Waals surface area contributed by atoms with Gasteiger partial charge in [0.2, 0.25) is 0 Å². The summed E-state index contributed by atoms with van der Waals surface area (Å²) >= 11 is 5.48. The van der Waals surface area contributed by atoms with Crippen molar-refractivity contribution in [2.24, 2.45) is 4.99 Å². The molecule has 1 aromatic heterocycles. The average Bonchev–Trinajstić information content (AvgIpc) is 2.23. The van der Waals surface area contributed by atoms with Crippen molar-refractivity contribution in [1.29, 1.82) is 0 Å². The van der Waals surface area contributed by atoms with Gasteiger partial charge >= 0.3 is 6.18 Å². The topological polar surface area (TPSA) is 45.6 Å². The van der Waals surface area contributed by atoms with Crippen LogP contribution in [0.2, 0.25) is 5.15 Å². The Balaban J connectivity index is 3.22. The second-order valence-electron chi connectivity index (χ2n) is 3.56. The normalized spacial score (nSPS) is 11.9. The number of aliphatic imine (C=N–C) groups is 1. The lowest BCUT2D eigenvalue weighted by molar-refractivity contribution is -0.138. The third-order valence-electron chi connectivity index (χ3n) is 1.81. The number of carbonyl (C=O) groups is 1. The van der Waals surface area contributed by atoms with Crippen LogP contribution in [0.15, 0.2) is 17.3 Å². The summed E-state index contributed by atoms with van der Waals surface area (Å²) in [5.74, 6) is -1.03. The molecule has 0 fully saturated rings. The van der Waals surface area contributed by atoms with Gasteiger partial charge in [-0.2, -0.15) is 18.2 Å². The van der Waals surface area contributed by atoms with Crippen LogP contribution in [-0.4, -0.2) is 36.2 Å². The SMILES string of the molecule is CN(C)C=NC(=O)c1cc(Cl)ncc1C(F)(F)F. The molecule has 8 heteroatoms. The lowest BCUT2D eigenvalue weighted by Gasteiger charge is -2.10. The number of halogens is 4. The zero-order chi connectivity index (χ0) is 13.9. The quantitative estimate of drug-likeness (QED) is 0.475. The van der Waals surface area contributed by atoms with Gasteiger partial charge < -0.3 is 4.90 Å². The molecule has 0 aliphatic carbocycles. The number of aromatic nitrogens is 1. The van der Waals surface area contributed by atoms with E-state index in [9.17, 15) is 18.0 Å². The number of alkyl halides is 3. The molecule has 1 rings (SSSR count). The number of rotatable bonds is 2. The smallest absolute Gasteiger partial charge is 0.369 e. The summed E-state index contributed by atoms with van der Waals surface area (Å²) in [4.78, 5) is 19.7. The van der Waals surface area contributed by atoms with E-state index in [1.165, 1.54) is 4.90 Å². The van der Waals surface area contributed by atoms with Gasteiger partial charge in [-0.15, -0.1) is 0 Å². The van der Waals surface area contributed by atoms with E-state index in [0.29, 0.717) is 6.20 Å². The molecule has 0 saturated heterocycles. The first-order valence-electron chi connectivity index (χ1n) is 4.69. The molecule has 0 aromatic carbocycles. The van der Waals surface area contributed by atoms with Gasteiger partial charge in [-0.05, 0) is 6.07 Å². The van der Waals surface area contributed by atoms with Gasteiger partial charge in [-0.25, -0.2) is 4.98 Å². The minimum Gasteiger partial charge on any atom is -0.369 e. The second-order valence-corrected chi connectivity index (χ2v) is 3.95. The highest BCUT2D eigenvalue weighted by atomic mass is 35.5. The standard InChI is InChI=1S/C10H9ClF3N3O/c1-17(2)5-16-9(18)6-3-8(11)15-4-7(6)10(12,13)14/h3-5H,1-2H3. The Morgan fingerprint density at radius 2 is 2.11 bits per heavy atom. The Morgan fingerprint density at radius 3 is 2.61 bits per heavy atom. The molecule has 0 bridgehead atoms. The fourth-order valence-electron chi connectivity index (χ4n) is 1.07. The molecule has 18 heavy (non-hydrogen) atoms. The molecular weight excluding hydrogens is 271 g/mol. The molecule has 0 spiro atoms. The first kappa shape index (κ1) is 14.4. The van der Waals surface area contributed by atoms with Crippen LogP contribution in [0, 0.1) is 0 Å². The van der Waals surface area contributed by atoms with Crippen LogP contribution >= 0.6 is 11.6 Å². The molecule has 0 unspecified atom stereocenters. The van der Waals surface area contributed by atoms with Crippen molar-refractivity contribution >= 4 is 23.8 Å². The third-order valence-corrected chi connectivity index (χ3v) is 2.02. The van der Waals surface area contributed by atoms with E-state index in [0.717, 1.165) is 12.4 Å². The number of amides is 1. The molecule has 0 N–H and O–H groups in total. The molecule has 1 heterocycles. The van der Waals surface area contributed by atoms with E-state index < -0.39 is 23.2 Å². The highest BCUT2D eigenvalue weighted by Crippen LogP contribution is 2.32. The van der Waals surface area contributed by atoms with E-state index in [2.05, 4.69) is 9.98 Å². The molecule has 4 nitrogen and oxygen atoms in total. The van der Waals surface area contributed by atoms with E-state index >= 15 is 0 Å². The van der Waals surface area contributed by atoms with Crippen LogP contribution in [0.25, 0.3) is 0 Å². The van der Waals surface area contributed by atoms with Gasteiger partial charge in [0.25, 0.3) is 5.91 Å². The summed E-state index contributed by atoms with van der Waals surface area (Å²) in [6.45, 7) is 0. The summed E-state index contributed by atoms with van der Waals surface area (Å²) in [7, 11) is 3.17. The Kier molecular flexibility index (Phi) is 4.28. The summed E-state index contributed by atoms with van der Waals surface area (Å²) in [6.07, 6.45) is -3.06. The molecule has 98 valence electrons. The summed E-state index contributed by atoms with van der Waals surface area (Å²) in [5.41, 5.74) is -1.78. The van der Waals surface area contributed by atoms with Crippen LogP contribution in [0.3, 0.4) is 0 Å². The summed E-state index contributed by atoms with van der Waals surface area (Å²) in [6, 6.07) is 0.847. The number of nitrogens with zero attached hydrogens (tertiary/aromatic N) is 3. The van der Waals surface area contributed by atoms with Crippen molar-refractivity contribution < 1.29 is 18.0 Å². The van der Waals surface area contributed by atoms with E-state index in [1.807, 2.05) is 0 Å². The van der Waals surface area contributed by atoms with Gasteiger partial charge in [0.15, 0.2) is 0 Å². The molecule has 0 atom stereocenters. The molecule has 1 aromatic rings. The maximum absolute atomic E-state index is 12.6. The number of pyridine rings is 1. The largest absolute Gasteiger partial charge is 0.418 e. The highest BCUT2D eigenvalue weighted by molar-refractivity contribution is 6.29. The Hall–Kier alpha value is -1.63. The van der Waals surface area contributed by atoms with Crippen molar-refractivity contribution in [3.63, 3.8) is 0 Å². The second kappa shape index (κ2) is 5.34. The first-order valence-corrected chi connectivity index (χ1v) is 5.07. The fourth-order valence-corrected chi connectivity index (χ4v) is 1.23. The molecular formula is C10H9ClF3N3O. The van der Waals surface area contributed by atoms with E-state index in [4.69, 9.17) is 11.6 Å². The van der Waals surface area contributed by atoms with Gasteiger partial charge in [0.1, 0.15) is 5.15 Å². The van der Waals surface area contributed by atoms with Gasteiger partial charge in [-0.3, -0.25) is 4.79 Å². The molecule has 0 aliphatic rings. The van der Waals surface area contributed by atoms with Crippen LogP contribution < -0.4 is 0 Å². The van der Waals surface area contributed by atoms with Gasteiger partial charge in [0.05, 0.1) is 17.5 Å². The predicted molar refractivity (Wildman–Crippen MR) is 60.8 cm³/mol. The van der Waals surface area contributed by atoms with Crippen molar-refractivity contribution in [3.8, 4) is 0 Å². The van der Waals surface area contributed by atoms with E-state index in [1.54, 1.807) is 14.1 Å². The minimum absolute atomic E-state index is 0.202. The number of hydrogen-bond acceptors (Lipinski definition) is 2. The van der Waals surface area contributed by atoms with Gasteiger partial charge in [-0.1, -0.05) is 11.6 Å². The van der Waals surface area contributed by atoms with Crippen molar-refractivity contribution in [2.45, 2.75) is 6.18 Å². The van der Waals surface area contributed by atoms with Crippen molar-refractivity contribution in [2.75, 3.05) is 14.1 Å². The monoisotopic (exact) mass is 279 g/mol. The van der Waals surface area contributed by atoms with Crippen molar-refractivity contribution in [1.82, 2.24) is 9.88 Å². The Morgan fingerprint density at radius 1 is 1.50 bits per heavy atom. The van der Waals surface area contributed by atoms with Crippen molar-refractivity contribution in [3.05, 3.63) is 28.5 Å². The fraction of sp³-hybridized carbons (Fsp3) is 0.300. The van der Waals surface area contributed by atoms with Gasteiger partial charge in [0, 0.05) is 20.3 Å². The van der Waals surface area contributed by atoms with Crippen LogP contribution in [0.1, 0.15) is 15.9 Å². The lowest BCUT2D eigenvalue weighted by Crippen LogP contribution is -2.15. The Bertz CT molecular complexity index is 486. The van der Waals surface area contributed by atoms with Crippen LogP contribution in [-0.2, 0) is 6.18 Å². The maximum atomic E-state index is 12.6. The number of hydrogen-bond donors (Lipinski definition) is 0. The lowest BCUT2D eigenvalue weighted by atomic mass is 10.1. The zero-order valence-electron chi connectivity index (χ0n) is 9.49. The molecule has 0 aliphatic heterocycles. The van der Waals surface area contributed by atoms with Crippen LogP contribution in [0.5, 0.6) is 0 Å². The van der Waals surface area contributed by atoms with Crippen LogP contribution in [0.4, 0.5) is 13.2 Å². The first-order chi connectivity index (χ1) is 8.21. The number of carbonyl (C=O) groups excluding carboxylic acids is 1. The molecule has 0 radical (unpaired) electrons. The minimum atomic E-state index is -4.68. The summed E-state index contributed by atoms with van der Waals surface area (Å²) < 4.78 is 37.9. The zero-order valence-corrected chi connectivity index (χ0v) is 10.2.